The third kappa shape index (κ3) is 6.34. The van der Waals surface area contributed by atoms with Crippen LogP contribution in [0.4, 0.5) is 39.0 Å². The number of benzene rings is 3. The summed E-state index contributed by atoms with van der Waals surface area (Å²) in [6.45, 7) is 0. The Balaban J connectivity index is 1.52. The minimum Gasteiger partial charge on any atom is -0.326 e. The Bertz CT molecular complexity index is 1570. The number of hydrogen-bond donors (Lipinski definition) is 3. The van der Waals surface area contributed by atoms with E-state index in [-0.39, 0.29) is 20.8 Å². The van der Waals surface area contributed by atoms with Crippen LogP contribution in [0.2, 0.25) is 15.1 Å². The second-order valence-electron chi connectivity index (χ2n) is 8.64. The van der Waals surface area contributed by atoms with E-state index in [4.69, 9.17) is 58.0 Å². The normalized spacial score (nSPS) is 17.2. The molecule has 3 amide bonds. The Kier molecular flexibility index (Phi) is 8.96. The third-order valence-corrected chi connectivity index (χ3v) is 8.10. The lowest BCUT2D eigenvalue weighted by molar-refractivity contribution is -0.126. The van der Waals surface area contributed by atoms with Crippen molar-refractivity contribution in [3.63, 3.8) is 0 Å². The van der Waals surface area contributed by atoms with Crippen LogP contribution in [0.1, 0.15) is 21.8 Å². The number of carbonyl (C=O) groups is 3. The summed E-state index contributed by atoms with van der Waals surface area (Å²) >= 11 is 30.7. The van der Waals surface area contributed by atoms with E-state index in [2.05, 4.69) is 5.32 Å². The van der Waals surface area contributed by atoms with Crippen molar-refractivity contribution in [3.05, 3.63) is 86.1 Å². The van der Waals surface area contributed by atoms with Crippen molar-refractivity contribution in [2.75, 3.05) is 16.0 Å². The van der Waals surface area contributed by atoms with Gasteiger partial charge in [0.15, 0.2) is 5.82 Å². The molecule has 4 rings (SSSR count). The molecule has 1 aliphatic carbocycles. The van der Waals surface area contributed by atoms with Crippen LogP contribution in [0, 0.1) is 23.4 Å². The highest BCUT2D eigenvalue weighted by Gasteiger charge is 2.67. The molecule has 3 aromatic rings. The van der Waals surface area contributed by atoms with Gasteiger partial charge in [0.05, 0.1) is 32.2 Å². The van der Waals surface area contributed by atoms with Crippen molar-refractivity contribution in [1.82, 2.24) is 0 Å². The lowest BCUT2D eigenvalue weighted by Crippen LogP contribution is -2.22. The average molecular weight is 676 g/mol. The minimum atomic E-state index is -3.57. The summed E-state index contributed by atoms with van der Waals surface area (Å²) in [6.07, 6.45) is -3.57. The molecule has 0 radical (unpaired) electrons. The van der Waals surface area contributed by atoms with Crippen molar-refractivity contribution in [3.8, 4) is 0 Å². The average Bonchev–Trinajstić information content (AvgIpc) is 3.49. The molecule has 3 aromatic carbocycles. The number of alkyl halides is 4. The summed E-state index contributed by atoms with van der Waals surface area (Å²) in [5.41, 5.74) is -2.34. The van der Waals surface area contributed by atoms with Gasteiger partial charge in [0, 0.05) is 11.6 Å². The summed E-state index contributed by atoms with van der Waals surface area (Å²) in [7, 11) is 0. The lowest BCUT2D eigenvalue weighted by atomic mass is 10.1. The Labute approximate surface area is 253 Å². The summed E-state index contributed by atoms with van der Waals surface area (Å²) in [5.74, 6) is -9.80. The number of halogens is 10. The van der Waals surface area contributed by atoms with E-state index in [1.165, 1.54) is 17.4 Å². The van der Waals surface area contributed by atoms with Gasteiger partial charge in [-0.15, -0.1) is 23.2 Å². The highest BCUT2D eigenvalue weighted by atomic mass is 35.5. The van der Waals surface area contributed by atoms with Crippen LogP contribution < -0.4 is 16.0 Å². The first-order chi connectivity index (χ1) is 19.1. The van der Waals surface area contributed by atoms with Crippen molar-refractivity contribution < 1.29 is 36.3 Å². The van der Waals surface area contributed by atoms with E-state index in [0.29, 0.717) is 11.6 Å². The molecule has 0 spiro atoms. The molecule has 3 N–H and O–H groups in total. The van der Waals surface area contributed by atoms with Crippen LogP contribution >= 0.6 is 58.0 Å². The maximum atomic E-state index is 14.7. The van der Waals surface area contributed by atoms with Gasteiger partial charge < -0.3 is 16.0 Å². The monoisotopic (exact) mass is 673 g/mol. The maximum absolute atomic E-state index is 14.7. The smallest absolute Gasteiger partial charge is 0.315 e. The van der Waals surface area contributed by atoms with E-state index >= 15 is 0 Å². The number of anilines is 3. The van der Waals surface area contributed by atoms with Crippen LogP contribution in [-0.2, 0) is 9.59 Å². The molecule has 1 fully saturated rings. The number of rotatable bonds is 7. The number of nitrogens with one attached hydrogen (secondary N) is 3. The molecule has 0 unspecified atom stereocenters. The highest BCUT2D eigenvalue weighted by Crippen LogP contribution is 2.65. The molecule has 1 aliphatic rings. The van der Waals surface area contributed by atoms with Crippen molar-refractivity contribution in [1.29, 1.82) is 0 Å². The number of carbonyl (C=O) groups excluding carboxylic acids is 3. The van der Waals surface area contributed by atoms with Crippen LogP contribution in [0.15, 0.2) is 42.5 Å². The molecule has 0 heterocycles. The fraction of sp³-hybridized carbons (Fsp3) is 0.160. The summed E-state index contributed by atoms with van der Waals surface area (Å²) < 4.78 is 66.6. The molecule has 0 aromatic heterocycles. The molecule has 216 valence electrons. The van der Waals surface area contributed by atoms with Crippen molar-refractivity contribution >= 4 is 92.8 Å². The summed E-state index contributed by atoms with van der Waals surface area (Å²) in [4.78, 5) is 36.9. The van der Waals surface area contributed by atoms with Gasteiger partial charge in [-0.3, -0.25) is 14.4 Å². The largest absolute Gasteiger partial charge is 0.326 e. The van der Waals surface area contributed by atoms with E-state index in [1.807, 2.05) is 5.32 Å². The quantitative estimate of drug-likeness (QED) is 0.135. The molecule has 16 heteroatoms. The molecular weight excluding hydrogens is 663 g/mol. The molecule has 6 nitrogen and oxygen atoms in total. The zero-order valence-electron chi connectivity index (χ0n) is 19.8. The van der Waals surface area contributed by atoms with Gasteiger partial charge in [-0.2, -0.15) is 8.78 Å². The van der Waals surface area contributed by atoms with Crippen molar-refractivity contribution in [2.24, 2.45) is 5.92 Å². The van der Waals surface area contributed by atoms with Gasteiger partial charge in [-0.25, -0.2) is 13.2 Å². The number of amides is 3. The molecular formula is C25H13Cl5F5N3O3. The summed E-state index contributed by atoms with van der Waals surface area (Å²) in [6, 6.07) is 7.09. The van der Waals surface area contributed by atoms with Gasteiger partial charge in [0.2, 0.25) is 5.91 Å². The Hall–Kier alpha value is -2.83. The van der Waals surface area contributed by atoms with Crippen LogP contribution in [-0.4, -0.2) is 28.5 Å². The molecule has 0 saturated heterocycles. The molecule has 2 atom stereocenters. The van der Waals surface area contributed by atoms with E-state index in [1.54, 1.807) is 0 Å². The van der Waals surface area contributed by atoms with Crippen LogP contribution in [0.5, 0.6) is 0 Å². The molecule has 1 saturated carbocycles. The fourth-order valence-corrected chi connectivity index (χ4v) is 5.39. The fourth-order valence-electron chi connectivity index (χ4n) is 3.95. The molecule has 41 heavy (non-hydrogen) atoms. The second-order valence-corrected chi connectivity index (χ2v) is 11.3. The first-order valence-electron chi connectivity index (χ1n) is 11.1. The Morgan fingerprint density at radius 2 is 1.44 bits per heavy atom. The number of hydrogen-bond acceptors (Lipinski definition) is 3. The minimum absolute atomic E-state index is 0.0760. The third-order valence-electron chi connectivity index (χ3n) is 5.97. The van der Waals surface area contributed by atoms with E-state index in [0.717, 1.165) is 24.3 Å². The molecule has 0 bridgehead atoms. The SMILES string of the molecule is O=C(Nc1ccc(F)c(NC(=O)C(F)F)c1F)c1cc(NC(=O)[C@H]2[C@H](c3cc(Cl)c(Cl)c(Cl)c3)C2(Cl)Cl)ccc1F. The highest BCUT2D eigenvalue weighted by molar-refractivity contribution is 6.54. The topological polar surface area (TPSA) is 87.3 Å². The van der Waals surface area contributed by atoms with E-state index < -0.39 is 74.7 Å². The van der Waals surface area contributed by atoms with E-state index in [9.17, 15) is 36.3 Å². The standard InChI is InChI=1S/C25H13Cl5F5N3O3/c26-11-5-8(6-12(27)18(11)28)16-17(25(16,29)30)23(40)36-9-1-2-13(31)10(7-9)22(39)37-15-4-3-14(32)20(19(15)33)38-24(41)21(34)35/h1-7,16-17,21H,(H,36,40)(H,37,39)(H,38,41)/t16-,17+/m0/s1. The first-order valence-corrected chi connectivity index (χ1v) is 13.0. The predicted molar refractivity (Wildman–Crippen MR) is 146 cm³/mol. The van der Waals surface area contributed by atoms with Gasteiger partial charge in [0.1, 0.15) is 21.7 Å². The second kappa shape index (κ2) is 11.8. The van der Waals surface area contributed by atoms with Gasteiger partial charge in [-0.1, -0.05) is 34.8 Å². The van der Waals surface area contributed by atoms with Gasteiger partial charge in [0.25, 0.3) is 11.8 Å². The zero-order chi connectivity index (χ0) is 30.4. The zero-order valence-corrected chi connectivity index (χ0v) is 23.6. The van der Waals surface area contributed by atoms with Crippen LogP contribution in [0.25, 0.3) is 0 Å². The first kappa shape index (κ1) is 31.1. The Morgan fingerprint density at radius 3 is 2.05 bits per heavy atom. The van der Waals surface area contributed by atoms with Gasteiger partial charge in [-0.05, 0) is 48.0 Å². The van der Waals surface area contributed by atoms with Crippen LogP contribution in [0.3, 0.4) is 0 Å². The maximum Gasteiger partial charge on any atom is 0.315 e. The summed E-state index contributed by atoms with van der Waals surface area (Å²) in [5, 5.41) is 6.10. The predicted octanol–water partition coefficient (Wildman–Crippen LogP) is 8.05. The van der Waals surface area contributed by atoms with Gasteiger partial charge >= 0.3 is 6.43 Å². The molecule has 0 aliphatic heterocycles. The van der Waals surface area contributed by atoms with Crippen molar-refractivity contribution in [2.45, 2.75) is 16.7 Å². The lowest BCUT2D eigenvalue weighted by Gasteiger charge is -2.13. The Morgan fingerprint density at radius 1 is 0.829 bits per heavy atom.